The van der Waals surface area contributed by atoms with Gasteiger partial charge in [0.25, 0.3) is 0 Å². The number of aryl methyl sites for hydroxylation is 1. The summed E-state index contributed by atoms with van der Waals surface area (Å²) in [4.78, 5) is 8.28. The number of hydrazine groups is 1. The van der Waals surface area contributed by atoms with Gasteiger partial charge in [-0.2, -0.15) is 4.98 Å². The largest absolute Gasteiger partial charge is 0.495 e. The fourth-order valence-corrected chi connectivity index (χ4v) is 1.92. The van der Waals surface area contributed by atoms with Gasteiger partial charge in [-0.25, -0.2) is 10.8 Å². The summed E-state index contributed by atoms with van der Waals surface area (Å²) in [7, 11) is 1.62. The number of nitrogen functional groups attached to an aromatic ring is 1. The quantitative estimate of drug-likeness (QED) is 0.592. The van der Waals surface area contributed by atoms with Gasteiger partial charge in [0.15, 0.2) is 0 Å². The van der Waals surface area contributed by atoms with Crippen LogP contribution in [-0.2, 0) is 0 Å². The van der Waals surface area contributed by atoms with Crippen molar-refractivity contribution in [1.82, 2.24) is 9.97 Å². The molecule has 0 amide bonds. The average Bonchev–Trinajstić information content (AvgIpc) is 2.43. The molecule has 0 aliphatic carbocycles. The number of halogens is 1. The minimum atomic E-state index is 0.358. The second-order valence-corrected chi connectivity index (χ2v) is 4.70. The monoisotopic (exact) mass is 323 g/mol. The van der Waals surface area contributed by atoms with Crippen molar-refractivity contribution < 1.29 is 4.74 Å². The van der Waals surface area contributed by atoms with Gasteiger partial charge in [-0.1, -0.05) is 0 Å². The summed E-state index contributed by atoms with van der Waals surface area (Å²) >= 11 is 3.41. The number of nitrogens with zero attached hydrogens (tertiary/aromatic N) is 2. The Morgan fingerprint density at radius 3 is 2.84 bits per heavy atom. The second-order valence-electron chi connectivity index (χ2n) is 3.84. The molecule has 0 atom stereocenters. The topological polar surface area (TPSA) is 85.1 Å². The molecule has 0 fully saturated rings. The number of methoxy groups -OCH3 is 1. The van der Waals surface area contributed by atoms with Crippen molar-refractivity contribution >= 4 is 33.4 Å². The first-order valence-corrected chi connectivity index (χ1v) is 6.34. The van der Waals surface area contributed by atoms with Crippen molar-refractivity contribution in [3.63, 3.8) is 0 Å². The maximum Gasteiger partial charge on any atom is 0.239 e. The van der Waals surface area contributed by atoms with E-state index in [0.717, 1.165) is 21.5 Å². The van der Waals surface area contributed by atoms with E-state index in [4.69, 9.17) is 10.6 Å². The van der Waals surface area contributed by atoms with Crippen molar-refractivity contribution in [1.29, 1.82) is 0 Å². The molecular weight excluding hydrogens is 310 g/mol. The molecule has 100 valence electrons. The maximum atomic E-state index is 5.30. The number of nitrogens with one attached hydrogen (secondary N) is 2. The Kier molecular flexibility index (Phi) is 4.18. The van der Waals surface area contributed by atoms with Crippen molar-refractivity contribution in [2.45, 2.75) is 6.92 Å². The minimum Gasteiger partial charge on any atom is -0.495 e. The third-order valence-electron chi connectivity index (χ3n) is 2.51. The van der Waals surface area contributed by atoms with E-state index in [0.29, 0.717) is 11.8 Å². The molecule has 2 rings (SSSR count). The van der Waals surface area contributed by atoms with Crippen LogP contribution < -0.4 is 21.3 Å². The lowest BCUT2D eigenvalue weighted by molar-refractivity contribution is 0.412. The minimum absolute atomic E-state index is 0.358. The van der Waals surface area contributed by atoms with Crippen LogP contribution in [0.4, 0.5) is 17.5 Å². The Bertz CT molecular complexity index is 590. The maximum absolute atomic E-state index is 5.30. The summed E-state index contributed by atoms with van der Waals surface area (Å²) in [6.45, 7) is 1.92. The number of aromatic nitrogens is 2. The normalized spacial score (nSPS) is 10.1. The third kappa shape index (κ3) is 3.12. The van der Waals surface area contributed by atoms with Gasteiger partial charge in [0.05, 0.1) is 11.6 Å². The van der Waals surface area contributed by atoms with Gasteiger partial charge in [-0.15, -0.1) is 0 Å². The fourth-order valence-electron chi connectivity index (χ4n) is 1.51. The lowest BCUT2D eigenvalue weighted by atomic mass is 10.3. The predicted molar refractivity (Wildman–Crippen MR) is 78.6 cm³/mol. The van der Waals surface area contributed by atoms with E-state index in [-0.39, 0.29) is 0 Å². The summed E-state index contributed by atoms with van der Waals surface area (Å²) in [5.74, 6) is 7.09. The van der Waals surface area contributed by atoms with E-state index in [9.17, 15) is 0 Å². The number of nitrogens with two attached hydrogens (primary N) is 1. The fraction of sp³-hybridized carbons (Fsp3) is 0.167. The molecule has 1 aromatic heterocycles. The Balaban J connectivity index is 2.30. The first-order valence-electron chi connectivity index (χ1n) is 5.55. The summed E-state index contributed by atoms with van der Waals surface area (Å²) in [5.41, 5.74) is 4.20. The number of hydrogen-bond acceptors (Lipinski definition) is 6. The predicted octanol–water partition coefficient (Wildman–Crippen LogP) is 2.59. The standard InChI is InChI=1S/C12H14BrN5O/c1-7-6-15-12(18-14)17-11(7)16-8-3-4-9(13)10(5-8)19-2/h3-6H,14H2,1-2H3,(H2,15,16,17,18). The molecule has 0 spiro atoms. The van der Waals surface area contributed by atoms with Gasteiger partial charge in [0.2, 0.25) is 5.95 Å². The lowest BCUT2D eigenvalue weighted by Gasteiger charge is -2.11. The molecule has 0 radical (unpaired) electrons. The lowest BCUT2D eigenvalue weighted by Crippen LogP contribution is -2.11. The van der Waals surface area contributed by atoms with Gasteiger partial charge >= 0.3 is 0 Å². The van der Waals surface area contributed by atoms with Crippen LogP contribution in [0.3, 0.4) is 0 Å². The number of rotatable bonds is 4. The number of anilines is 3. The van der Waals surface area contributed by atoms with Crippen LogP contribution in [0, 0.1) is 6.92 Å². The third-order valence-corrected chi connectivity index (χ3v) is 3.17. The van der Waals surface area contributed by atoms with E-state index in [2.05, 4.69) is 36.6 Å². The van der Waals surface area contributed by atoms with Gasteiger partial charge in [-0.05, 0) is 35.0 Å². The molecule has 7 heteroatoms. The molecule has 0 unspecified atom stereocenters. The molecule has 2 aromatic rings. The molecule has 19 heavy (non-hydrogen) atoms. The SMILES string of the molecule is COc1cc(Nc2nc(NN)ncc2C)ccc1Br. The zero-order valence-electron chi connectivity index (χ0n) is 10.6. The van der Waals surface area contributed by atoms with E-state index in [1.807, 2.05) is 25.1 Å². The highest BCUT2D eigenvalue weighted by molar-refractivity contribution is 9.10. The molecule has 1 heterocycles. The van der Waals surface area contributed by atoms with E-state index < -0.39 is 0 Å². The second kappa shape index (κ2) is 5.85. The highest BCUT2D eigenvalue weighted by Gasteiger charge is 2.06. The zero-order valence-corrected chi connectivity index (χ0v) is 12.2. The molecule has 6 nitrogen and oxygen atoms in total. The summed E-state index contributed by atoms with van der Waals surface area (Å²) in [6, 6.07) is 5.70. The summed E-state index contributed by atoms with van der Waals surface area (Å²) < 4.78 is 6.14. The molecule has 4 N–H and O–H groups in total. The molecule has 0 aliphatic heterocycles. The highest BCUT2D eigenvalue weighted by atomic mass is 79.9. The molecule has 0 saturated heterocycles. The van der Waals surface area contributed by atoms with Crippen LogP contribution in [0.5, 0.6) is 5.75 Å². The average molecular weight is 324 g/mol. The van der Waals surface area contributed by atoms with Crippen LogP contribution in [0.1, 0.15) is 5.56 Å². The number of ether oxygens (including phenoxy) is 1. The smallest absolute Gasteiger partial charge is 0.239 e. The Morgan fingerprint density at radius 1 is 1.37 bits per heavy atom. The van der Waals surface area contributed by atoms with Crippen LogP contribution in [-0.4, -0.2) is 17.1 Å². The Morgan fingerprint density at radius 2 is 2.16 bits per heavy atom. The van der Waals surface area contributed by atoms with Crippen LogP contribution in [0.2, 0.25) is 0 Å². The van der Waals surface area contributed by atoms with Crippen molar-refractivity contribution in [3.8, 4) is 5.75 Å². The highest BCUT2D eigenvalue weighted by Crippen LogP contribution is 2.29. The Hall–Kier alpha value is -1.86. The molecule has 0 saturated carbocycles. The van der Waals surface area contributed by atoms with Crippen LogP contribution >= 0.6 is 15.9 Å². The molecule has 0 aliphatic rings. The summed E-state index contributed by atoms with van der Waals surface area (Å²) in [5, 5.41) is 3.20. The first kappa shape index (κ1) is 13.6. The van der Waals surface area contributed by atoms with Crippen molar-refractivity contribution in [2.75, 3.05) is 17.9 Å². The van der Waals surface area contributed by atoms with Gasteiger partial charge < -0.3 is 10.1 Å². The van der Waals surface area contributed by atoms with E-state index in [1.54, 1.807) is 13.3 Å². The molecule has 0 bridgehead atoms. The summed E-state index contributed by atoms with van der Waals surface area (Å²) in [6.07, 6.45) is 1.70. The van der Waals surface area contributed by atoms with Crippen LogP contribution in [0.25, 0.3) is 0 Å². The first-order chi connectivity index (χ1) is 9.13. The van der Waals surface area contributed by atoms with E-state index in [1.165, 1.54) is 0 Å². The van der Waals surface area contributed by atoms with E-state index >= 15 is 0 Å². The number of benzene rings is 1. The van der Waals surface area contributed by atoms with Gasteiger partial charge in [0.1, 0.15) is 11.6 Å². The number of hydrogen-bond donors (Lipinski definition) is 3. The molecule has 1 aromatic carbocycles. The molecular formula is C12H14BrN5O. The van der Waals surface area contributed by atoms with Gasteiger partial charge in [-0.3, -0.25) is 5.43 Å². The van der Waals surface area contributed by atoms with Crippen molar-refractivity contribution in [2.24, 2.45) is 5.84 Å². The van der Waals surface area contributed by atoms with Crippen LogP contribution in [0.15, 0.2) is 28.9 Å². The van der Waals surface area contributed by atoms with Gasteiger partial charge in [0, 0.05) is 23.5 Å². The zero-order chi connectivity index (χ0) is 13.8. The Labute approximate surface area is 119 Å². The van der Waals surface area contributed by atoms with Crippen molar-refractivity contribution in [3.05, 3.63) is 34.4 Å².